The molecule has 3 nitrogen and oxygen atoms in total. The van der Waals surface area contributed by atoms with Crippen molar-refractivity contribution in [2.75, 3.05) is 19.1 Å². The molecule has 1 aromatic carbocycles. The maximum atomic E-state index is 11.6. The first kappa shape index (κ1) is 11.3. The zero-order chi connectivity index (χ0) is 11.4. The van der Waals surface area contributed by atoms with Crippen molar-refractivity contribution in [3.05, 3.63) is 36.4 Å². The van der Waals surface area contributed by atoms with Gasteiger partial charge in [-0.15, -0.1) is 0 Å². The van der Waals surface area contributed by atoms with E-state index >= 15 is 0 Å². The van der Waals surface area contributed by atoms with E-state index < -0.39 is 0 Å². The minimum absolute atomic E-state index is 0.0832. The number of methoxy groups -OCH3 is 1. The number of rotatable bonds is 3. The number of amides is 1. The molecule has 1 amide bonds. The van der Waals surface area contributed by atoms with Gasteiger partial charge in [0, 0.05) is 18.3 Å². The second kappa shape index (κ2) is 4.64. The van der Waals surface area contributed by atoms with Crippen LogP contribution in [-0.2, 0) is 4.79 Å². The summed E-state index contributed by atoms with van der Waals surface area (Å²) in [5.74, 6) is 0.690. The highest BCUT2D eigenvalue weighted by atomic mass is 16.5. The lowest BCUT2D eigenvalue weighted by Crippen LogP contribution is -2.26. The van der Waals surface area contributed by atoms with Crippen LogP contribution in [0.3, 0.4) is 0 Å². The molecule has 0 bridgehead atoms. The van der Waals surface area contributed by atoms with Crippen LogP contribution in [0.2, 0.25) is 0 Å². The minimum Gasteiger partial charge on any atom is -0.497 e. The summed E-state index contributed by atoms with van der Waals surface area (Å²) in [7, 11) is 3.33. The number of hydrogen-bond acceptors (Lipinski definition) is 2. The maximum Gasteiger partial charge on any atom is 0.253 e. The number of likely N-dealkylation sites (N-methyl/N-ethyl adjacent to an activating group) is 1. The zero-order valence-corrected chi connectivity index (χ0v) is 9.28. The highest BCUT2D eigenvalue weighted by Gasteiger charge is 2.10. The average molecular weight is 205 g/mol. The third-order valence-corrected chi connectivity index (χ3v) is 2.13. The monoisotopic (exact) mass is 205 g/mol. The quantitative estimate of drug-likeness (QED) is 0.708. The summed E-state index contributed by atoms with van der Waals surface area (Å²) < 4.78 is 5.04. The van der Waals surface area contributed by atoms with Crippen LogP contribution in [0.1, 0.15) is 6.92 Å². The number of ether oxygens (including phenoxy) is 1. The van der Waals surface area contributed by atoms with Crippen LogP contribution in [0.4, 0.5) is 5.69 Å². The molecule has 15 heavy (non-hydrogen) atoms. The Morgan fingerprint density at radius 2 is 1.87 bits per heavy atom. The van der Waals surface area contributed by atoms with E-state index in [-0.39, 0.29) is 5.91 Å². The van der Waals surface area contributed by atoms with Crippen molar-refractivity contribution in [3.63, 3.8) is 0 Å². The Kier molecular flexibility index (Phi) is 3.50. The zero-order valence-electron chi connectivity index (χ0n) is 9.28. The standard InChI is InChI=1S/C12H15NO2/c1-9(2)12(14)13(3)10-5-7-11(15-4)8-6-10/h5-8H,1H2,2-4H3. The van der Waals surface area contributed by atoms with Gasteiger partial charge in [0.25, 0.3) is 5.91 Å². The summed E-state index contributed by atoms with van der Waals surface area (Å²) in [6.45, 7) is 5.32. The van der Waals surface area contributed by atoms with Crippen LogP contribution in [0, 0.1) is 0 Å². The molecule has 0 saturated heterocycles. The molecule has 1 aromatic rings. The van der Waals surface area contributed by atoms with E-state index in [2.05, 4.69) is 6.58 Å². The van der Waals surface area contributed by atoms with E-state index in [1.54, 1.807) is 26.0 Å². The van der Waals surface area contributed by atoms with Crippen molar-refractivity contribution >= 4 is 11.6 Å². The Morgan fingerprint density at radius 3 is 2.27 bits per heavy atom. The fourth-order valence-electron chi connectivity index (χ4n) is 1.21. The first-order valence-corrected chi connectivity index (χ1v) is 4.64. The molecule has 0 spiro atoms. The topological polar surface area (TPSA) is 29.5 Å². The van der Waals surface area contributed by atoms with E-state index in [4.69, 9.17) is 4.74 Å². The molecule has 0 aliphatic heterocycles. The number of hydrogen-bond donors (Lipinski definition) is 0. The first-order chi connectivity index (χ1) is 7.06. The van der Waals surface area contributed by atoms with Gasteiger partial charge in [0.05, 0.1) is 7.11 Å². The first-order valence-electron chi connectivity index (χ1n) is 4.64. The average Bonchev–Trinajstić information content (AvgIpc) is 2.27. The van der Waals surface area contributed by atoms with E-state index in [1.807, 2.05) is 24.3 Å². The summed E-state index contributed by atoms with van der Waals surface area (Å²) >= 11 is 0. The van der Waals surface area contributed by atoms with Gasteiger partial charge in [-0.25, -0.2) is 0 Å². The van der Waals surface area contributed by atoms with Crippen molar-refractivity contribution in [3.8, 4) is 5.75 Å². The van der Waals surface area contributed by atoms with Gasteiger partial charge in [0.15, 0.2) is 0 Å². The molecule has 1 rings (SSSR count). The lowest BCUT2D eigenvalue weighted by atomic mass is 10.2. The fraction of sp³-hybridized carbons (Fsp3) is 0.250. The van der Waals surface area contributed by atoms with Crippen molar-refractivity contribution in [1.29, 1.82) is 0 Å². The molecule has 0 aliphatic carbocycles. The summed E-state index contributed by atoms with van der Waals surface area (Å²) in [4.78, 5) is 13.2. The highest BCUT2D eigenvalue weighted by Crippen LogP contribution is 2.18. The van der Waals surface area contributed by atoms with Gasteiger partial charge in [-0.05, 0) is 31.2 Å². The number of anilines is 1. The second-order valence-corrected chi connectivity index (χ2v) is 3.34. The van der Waals surface area contributed by atoms with E-state index in [1.165, 1.54) is 0 Å². The molecule has 80 valence electrons. The summed E-state index contributed by atoms with van der Waals surface area (Å²) in [6, 6.07) is 7.30. The SMILES string of the molecule is C=C(C)C(=O)N(C)c1ccc(OC)cc1. The van der Waals surface area contributed by atoms with Crippen molar-refractivity contribution in [2.24, 2.45) is 0 Å². The molecule has 0 saturated carbocycles. The smallest absolute Gasteiger partial charge is 0.253 e. The van der Waals surface area contributed by atoms with Crippen molar-refractivity contribution < 1.29 is 9.53 Å². The third kappa shape index (κ3) is 2.59. The minimum atomic E-state index is -0.0832. The number of benzene rings is 1. The molecule has 0 N–H and O–H groups in total. The number of carbonyl (C=O) groups is 1. The van der Waals surface area contributed by atoms with Crippen molar-refractivity contribution in [2.45, 2.75) is 6.92 Å². The molecule has 0 unspecified atom stereocenters. The van der Waals surface area contributed by atoms with E-state index in [9.17, 15) is 4.79 Å². The lowest BCUT2D eigenvalue weighted by molar-refractivity contribution is -0.114. The lowest BCUT2D eigenvalue weighted by Gasteiger charge is -2.17. The molecule has 3 heteroatoms. The van der Waals surface area contributed by atoms with Gasteiger partial charge in [0.2, 0.25) is 0 Å². The summed E-state index contributed by atoms with van der Waals surface area (Å²) in [6.07, 6.45) is 0. The molecule has 0 aliphatic rings. The summed E-state index contributed by atoms with van der Waals surface area (Å²) in [5, 5.41) is 0. The molecular weight excluding hydrogens is 190 g/mol. The Balaban J connectivity index is 2.87. The molecule has 0 atom stereocenters. The van der Waals surface area contributed by atoms with Gasteiger partial charge >= 0.3 is 0 Å². The normalized spacial score (nSPS) is 9.53. The van der Waals surface area contributed by atoms with Crippen LogP contribution in [0.5, 0.6) is 5.75 Å². The van der Waals surface area contributed by atoms with Crippen LogP contribution in [0.25, 0.3) is 0 Å². The van der Waals surface area contributed by atoms with Crippen LogP contribution >= 0.6 is 0 Å². The predicted octanol–water partition coefficient (Wildman–Crippen LogP) is 2.23. The highest BCUT2D eigenvalue weighted by molar-refractivity contribution is 6.04. The molecule has 0 aromatic heterocycles. The largest absolute Gasteiger partial charge is 0.497 e. The van der Waals surface area contributed by atoms with Gasteiger partial charge in [-0.2, -0.15) is 0 Å². The Bertz CT molecular complexity index is 368. The molecule has 0 fully saturated rings. The maximum absolute atomic E-state index is 11.6. The number of carbonyl (C=O) groups excluding carboxylic acids is 1. The molecular formula is C12H15NO2. The third-order valence-electron chi connectivity index (χ3n) is 2.13. The van der Waals surface area contributed by atoms with Crippen LogP contribution in [-0.4, -0.2) is 20.1 Å². The second-order valence-electron chi connectivity index (χ2n) is 3.34. The molecule has 0 radical (unpaired) electrons. The van der Waals surface area contributed by atoms with E-state index in [0.29, 0.717) is 5.57 Å². The Labute approximate surface area is 90.0 Å². The Hall–Kier alpha value is -1.77. The predicted molar refractivity (Wildman–Crippen MR) is 61.2 cm³/mol. The van der Waals surface area contributed by atoms with Gasteiger partial charge < -0.3 is 9.64 Å². The van der Waals surface area contributed by atoms with E-state index in [0.717, 1.165) is 11.4 Å². The number of nitrogens with zero attached hydrogens (tertiary/aromatic N) is 1. The van der Waals surface area contributed by atoms with Gasteiger partial charge in [-0.1, -0.05) is 6.58 Å². The fourth-order valence-corrected chi connectivity index (χ4v) is 1.21. The van der Waals surface area contributed by atoms with Crippen LogP contribution < -0.4 is 9.64 Å². The van der Waals surface area contributed by atoms with Gasteiger partial charge in [0.1, 0.15) is 5.75 Å². The summed E-state index contributed by atoms with van der Waals surface area (Å²) in [5.41, 5.74) is 1.34. The Morgan fingerprint density at radius 1 is 1.33 bits per heavy atom. The van der Waals surface area contributed by atoms with Crippen molar-refractivity contribution in [1.82, 2.24) is 0 Å². The molecule has 0 heterocycles. The van der Waals surface area contributed by atoms with Crippen LogP contribution in [0.15, 0.2) is 36.4 Å². The van der Waals surface area contributed by atoms with Gasteiger partial charge in [-0.3, -0.25) is 4.79 Å².